The Hall–Kier alpha value is -2.10. The lowest BCUT2D eigenvalue weighted by atomic mass is 9.89. The standard InChI is InChI=1S/C20H15BrClNO/c21-17-11-13-18(14-12-17)23-19(24)20(22,15-7-3-1-4-8-15)16-9-5-2-6-10-16/h1-14H,(H,23,24). The summed E-state index contributed by atoms with van der Waals surface area (Å²) in [5, 5.41) is 2.91. The Morgan fingerprint density at radius 2 is 1.25 bits per heavy atom. The number of carbonyl (C=O) groups is 1. The van der Waals surface area contributed by atoms with Gasteiger partial charge in [-0.1, -0.05) is 88.2 Å². The van der Waals surface area contributed by atoms with Crippen molar-refractivity contribution in [1.82, 2.24) is 0 Å². The smallest absolute Gasteiger partial charge is 0.254 e. The quantitative estimate of drug-likeness (QED) is 0.570. The molecule has 0 saturated heterocycles. The lowest BCUT2D eigenvalue weighted by Crippen LogP contribution is -2.36. The summed E-state index contributed by atoms with van der Waals surface area (Å²) in [6, 6.07) is 26.2. The van der Waals surface area contributed by atoms with E-state index in [0.717, 1.165) is 15.6 Å². The van der Waals surface area contributed by atoms with E-state index >= 15 is 0 Å². The van der Waals surface area contributed by atoms with Gasteiger partial charge in [0.15, 0.2) is 4.87 Å². The van der Waals surface area contributed by atoms with Crippen LogP contribution in [0.25, 0.3) is 0 Å². The van der Waals surface area contributed by atoms with Crippen LogP contribution < -0.4 is 5.32 Å². The molecule has 0 saturated carbocycles. The van der Waals surface area contributed by atoms with Crippen molar-refractivity contribution in [3.05, 3.63) is 101 Å². The second-order valence-corrected chi connectivity index (χ2v) is 6.83. The number of nitrogens with one attached hydrogen (secondary N) is 1. The molecule has 0 radical (unpaired) electrons. The summed E-state index contributed by atoms with van der Waals surface area (Å²) in [7, 11) is 0. The summed E-state index contributed by atoms with van der Waals surface area (Å²) in [5.74, 6) is -0.288. The maximum atomic E-state index is 13.1. The summed E-state index contributed by atoms with van der Waals surface area (Å²) in [5.41, 5.74) is 2.15. The Labute approximate surface area is 154 Å². The third-order valence-corrected chi connectivity index (χ3v) is 4.89. The van der Waals surface area contributed by atoms with Crippen LogP contribution >= 0.6 is 27.5 Å². The number of alkyl halides is 1. The minimum Gasteiger partial charge on any atom is -0.324 e. The zero-order valence-electron chi connectivity index (χ0n) is 12.7. The highest BCUT2D eigenvalue weighted by Gasteiger charge is 2.40. The molecule has 0 fully saturated rings. The van der Waals surface area contributed by atoms with Gasteiger partial charge in [-0.05, 0) is 35.4 Å². The second kappa shape index (κ2) is 7.20. The van der Waals surface area contributed by atoms with Gasteiger partial charge in [0.25, 0.3) is 5.91 Å². The summed E-state index contributed by atoms with van der Waals surface area (Å²) in [6.45, 7) is 0. The first-order valence-corrected chi connectivity index (χ1v) is 8.65. The van der Waals surface area contributed by atoms with Gasteiger partial charge < -0.3 is 5.32 Å². The predicted molar refractivity (Wildman–Crippen MR) is 102 cm³/mol. The number of benzene rings is 3. The van der Waals surface area contributed by atoms with E-state index in [-0.39, 0.29) is 5.91 Å². The highest BCUT2D eigenvalue weighted by atomic mass is 79.9. The van der Waals surface area contributed by atoms with Crippen molar-refractivity contribution in [3.63, 3.8) is 0 Å². The number of hydrogen-bond acceptors (Lipinski definition) is 1. The maximum absolute atomic E-state index is 13.1. The Kier molecular flexibility index (Phi) is 5.03. The summed E-state index contributed by atoms with van der Waals surface area (Å²) in [6.07, 6.45) is 0. The average Bonchev–Trinajstić information content (AvgIpc) is 2.64. The molecule has 0 aliphatic heterocycles. The van der Waals surface area contributed by atoms with E-state index in [4.69, 9.17) is 11.6 Å². The van der Waals surface area contributed by atoms with Crippen LogP contribution in [-0.4, -0.2) is 5.91 Å². The fourth-order valence-corrected chi connectivity index (χ4v) is 3.08. The first-order valence-electron chi connectivity index (χ1n) is 7.47. The van der Waals surface area contributed by atoms with E-state index < -0.39 is 4.87 Å². The Balaban J connectivity index is 2.02. The lowest BCUT2D eigenvalue weighted by molar-refractivity contribution is -0.117. The van der Waals surface area contributed by atoms with Crippen molar-refractivity contribution in [3.8, 4) is 0 Å². The Bertz CT molecular complexity index is 780. The van der Waals surface area contributed by atoms with Crippen molar-refractivity contribution in [2.45, 2.75) is 4.87 Å². The van der Waals surface area contributed by atoms with E-state index in [9.17, 15) is 4.79 Å². The van der Waals surface area contributed by atoms with Gasteiger partial charge in [-0.25, -0.2) is 0 Å². The molecule has 0 aromatic heterocycles. The molecule has 0 atom stereocenters. The molecule has 0 aliphatic carbocycles. The van der Waals surface area contributed by atoms with Crippen molar-refractivity contribution in [2.75, 3.05) is 5.32 Å². The van der Waals surface area contributed by atoms with Crippen LogP contribution in [0.4, 0.5) is 5.69 Å². The first kappa shape index (κ1) is 16.7. The van der Waals surface area contributed by atoms with Gasteiger partial charge in [-0.15, -0.1) is 0 Å². The number of anilines is 1. The molecule has 2 nitrogen and oxygen atoms in total. The van der Waals surface area contributed by atoms with Gasteiger partial charge in [-0.3, -0.25) is 4.79 Å². The van der Waals surface area contributed by atoms with Crippen LogP contribution in [0.15, 0.2) is 89.4 Å². The van der Waals surface area contributed by atoms with Crippen LogP contribution in [0.3, 0.4) is 0 Å². The van der Waals surface area contributed by atoms with E-state index in [1.54, 1.807) is 0 Å². The van der Waals surface area contributed by atoms with Gasteiger partial charge in [0.1, 0.15) is 0 Å². The van der Waals surface area contributed by atoms with E-state index in [1.807, 2.05) is 84.9 Å². The maximum Gasteiger partial charge on any atom is 0.254 e. The molecule has 1 amide bonds. The molecule has 120 valence electrons. The van der Waals surface area contributed by atoms with Crippen LogP contribution in [0.2, 0.25) is 0 Å². The average molecular weight is 401 g/mol. The molecule has 24 heavy (non-hydrogen) atoms. The fourth-order valence-electron chi connectivity index (χ4n) is 2.51. The largest absolute Gasteiger partial charge is 0.324 e. The molecule has 3 rings (SSSR count). The minimum absolute atomic E-state index is 0.288. The van der Waals surface area contributed by atoms with Crippen molar-refractivity contribution >= 4 is 39.1 Å². The molecule has 0 bridgehead atoms. The van der Waals surface area contributed by atoms with Crippen molar-refractivity contribution < 1.29 is 4.79 Å². The van der Waals surface area contributed by atoms with Crippen molar-refractivity contribution in [2.24, 2.45) is 0 Å². The summed E-state index contributed by atoms with van der Waals surface area (Å²) in [4.78, 5) is 11.8. The Morgan fingerprint density at radius 3 is 1.71 bits per heavy atom. The molecule has 4 heteroatoms. The molecule has 0 spiro atoms. The number of hydrogen-bond donors (Lipinski definition) is 1. The van der Waals surface area contributed by atoms with Gasteiger partial charge in [0.2, 0.25) is 0 Å². The van der Waals surface area contributed by atoms with Crippen LogP contribution in [0.1, 0.15) is 11.1 Å². The van der Waals surface area contributed by atoms with Gasteiger partial charge >= 0.3 is 0 Å². The zero-order valence-corrected chi connectivity index (χ0v) is 15.1. The van der Waals surface area contributed by atoms with Crippen LogP contribution in [0, 0.1) is 0 Å². The number of rotatable bonds is 4. The minimum atomic E-state index is -1.30. The van der Waals surface area contributed by atoms with Gasteiger partial charge in [-0.2, -0.15) is 0 Å². The number of amides is 1. The van der Waals surface area contributed by atoms with Crippen molar-refractivity contribution in [1.29, 1.82) is 0 Å². The second-order valence-electron chi connectivity index (χ2n) is 5.35. The molecule has 3 aromatic carbocycles. The monoisotopic (exact) mass is 399 g/mol. The summed E-state index contributed by atoms with van der Waals surface area (Å²) >= 11 is 10.3. The molecule has 0 aliphatic rings. The Morgan fingerprint density at radius 1 is 0.792 bits per heavy atom. The number of halogens is 2. The van der Waals surface area contributed by atoms with Gasteiger partial charge in [0.05, 0.1) is 0 Å². The predicted octanol–water partition coefficient (Wildman–Crippen LogP) is 5.57. The molecule has 0 unspecified atom stereocenters. The molecular formula is C20H15BrClNO. The summed E-state index contributed by atoms with van der Waals surface area (Å²) < 4.78 is 0.948. The van der Waals surface area contributed by atoms with E-state index in [1.165, 1.54) is 0 Å². The zero-order chi connectivity index (χ0) is 17.0. The highest BCUT2D eigenvalue weighted by Crippen LogP contribution is 2.37. The van der Waals surface area contributed by atoms with E-state index in [0.29, 0.717) is 5.69 Å². The van der Waals surface area contributed by atoms with E-state index in [2.05, 4.69) is 21.2 Å². The van der Waals surface area contributed by atoms with Gasteiger partial charge in [0, 0.05) is 10.2 Å². The topological polar surface area (TPSA) is 29.1 Å². The molecule has 1 N–H and O–H groups in total. The molecule has 3 aromatic rings. The fraction of sp³-hybridized carbons (Fsp3) is 0.0500. The highest BCUT2D eigenvalue weighted by molar-refractivity contribution is 9.10. The molecular weight excluding hydrogens is 386 g/mol. The lowest BCUT2D eigenvalue weighted by Gasteiger charge is -2.27. The molecule has 0 heterocycles. The van der Waals surface area contributed by atoms with Crippen LogP contribution in [0.5, 0.6) is 0 Å². The first-order chi connectivity index (χ1) is 11.6. The van der Waals surface area contributed by atoms with Crippen LogP contribution in [-0.2, 0) is 9.67 Å². The number of carbonyl (C=O) groups excluding carboxylic acids is 1. The third kappa shape index (κ3) is 3.37. The normalized spacial score (nSPS) is 11.1. The third-order valence-electron chi connectivity index (χ3n) is 3.76. The SMILES string of the molecule is O=C(Nc1ccc(Br)cc1)C(Cl)(c1ccccc1)c1ccccc1.